The minimum absolute atomic E-state index is 0.441. The molecule has 0 aliphatic carbocycles. The van der Waals surface area contributed by atoms with Gasteiger partial charge in [0.15, 0.2) is 0 Å². The quantitative estimate of drug-likeness (QED) is 0.808. The second kappa shape index (κ2) is 7.13. The summed E-state index contributed by atoms with van der Waals surface area (Å²) in [7, 11) is 0. The van der Waals surface area contributed by atoms with Crippen molar-refractivity contribution in [1.82, 2.24) is 5.32 Å². The Morgan fingerprint density at radius 3 is 2.82 bits per heavy atom. The zero-order valence-electron chi connectivity index (χ0n) is 10.1. The van der Waals surface area contributed by atoms with Gasteiger partial charge in [0.25, 0.3) is 0 Å². The molecule has 5 heteroatoms. The lowest BCUT2D eigenvalue weighted by Crippen LogP contribution is -2.35. The van der Waals surface area contributed by atoms with Gasteiger partial charge in [-0.25, -0.2) is 0 Å². The molecule has 17 heavy (non-hydrogen) atoms. The number of unbranched alkanes of at least 4 members (excludes halogenated alkanes) is 1. The molecule has 1 unspecified atom stereocenters. The van der Waals surface area contributed by atoms with Crippen LogP contribution in [0, 0.1) is 6.92 Å². The van der Waals surface area contributed by atoms with Gasteiger partial charge in [0.05, 0.1) is 0 Å². The van der Waals surface area contributed by atoms with Crippen LogP contribution in [0.5, 0.6) is 0 Å². The number of aryl methyl sites for hydroxylation is 1. The Morgan fingerprint density at radius 2 is 2.35 bits per heavy atom. The lowest BCUT2D eigenvalue weighted by molar-refractivity contribution is -0.139. The van der Waals surface area contributed by atoms with Crippen molar-refractivity contribution in [2.75, 3.05) is 0 Å². The van der Waals surface area contributed by atoms with E-state index in [-0.39, 0.29) is 0 Å². The van der Waals surface area contributed by atoms with Gasteiger partial charge in [-0.2, -0.15) is 0 Å². The van der Waals surface area contributed by atoms with Crippen LogP contribution in [0.25, 0.3) is 0 Å². The van der Waals surface area contributed by atoms with E-state index in [0.29, 0.717) is 13.0 Å². The first-order valence-electron chi connectivity index (χ1n) is 5.75. The maximum Gasteiger partial charge on any atom is 0.320 e. The zero-order valence-corrected chi connectivity index (χ0v) is 12.5. The number of thiophene rings is 1. The van der Waals surface area contributed by atoms with Crippen molar-refractivity contribution in [3.63, 3.8) is 0 Å². The second-order valence-corrected chi connectivity index (χ2v) is 6.24. The third-order valence-electron chi connectivity index (χ3n) is 2.53. The first-order valence-corrected chi connectivity index (χ1v) is 7.36. The van der Waals surface area contributed by atoms with E-state index < -0.39 is 12.0 Å². The van der Waals surface area contributed by atoms with Crippen molar-refractivity contribution in [2.45, 2.75) is 45.7 Å². The number of carboxylic acids is 1. The molecule has 1 heterocycles. The van der Waals surface area contributed by atoms with E-state index in [1.165, 1.54) is 4.88 Å². The van der Waals surface area contributed by atoms with Crippen LogP contribution in [-0.4, -0.2) is 17.1 Å². The molecule has 1 aromatic heterocycles. The Balaban J connectivity index is 2.51. The van der Waals surface area contributed by atoms with Crippen molar-refractivity contribution in [3.8, 4) is 0 Å². The second-order valence-electron chi connectivity index (χ2n) is 4.04. The summed E-state index contributed by atoms with van der Waals surface area (Å²) in [6.45, 7) is 4.72. The van der Waals surface area contributed by atoms with Gasteiger partial charge < -0.3 is 5.11 Å². The molecule has 0 bridgehead atoms. The number of hydrogen-bond donors (Lipinski definition) is 2. The number of halogens is 1. The van der Waals surface area contributed by atoms with E-state index >= 15 is 0 Å². The number of carbonyl (C=O) groups is 1. The van der Waals surface area contributed by atoms with Crippen molar-refractivity contribution in [3.05, 3.63) is 20.3 Å². The monoisotopic (exact) mass is 319 g/mol. The third-order valence-corrected chi connectivity index (χ3v) is 4.55. The van der Waals surface area contributed by atoms with Crippen LogP contribution in [0.1, 0.15) is 35.9 Å². The average Bonchev–Trinajstić information content (AvgIpc) is 2.57. The van der Waals surface area contributed by atoms with E-state index in [1.54, 1.807) is 11.3 Å². The van der Waals surface area contributed by atoms with E-state index in [0.717, 1.165) is 22.2 Å². The minimum atomic E-state index is -0.761. The molecule has 1 atom stereocenters. The van der Waals surface area contributed by atoms with Gasteiger partial charge in [0.1, 0.15) is 6.04 Å². The summed E-state index contributed by atoms with van der Waals surface area (Å²) in [5.74, 6) is -0.761. The molecule has 1 aromatic rings. The maximum absolute atomic E-state index is 11.0. The summed E-state index contributed by atoms with van der Waals surface area (Å²) in [4.78, 5) is 13.4. The Kier molecular flexibility index (Phi) is 6.16. The number of carboxylic acid groups (broad SMARTS) is 1. The predicted molar refractivity (Wildman–Crippen MR) is 74.5 cm³/mol. The van der Waals surface area contributed by atoms with Crippen LogP contribution < -0.4 is 5.32 Å². The first-order chi connectivity index (χ1) is 8.04. The van der Waals surface area contributed by atoms with Crippen LogP contribution in [0.3, 0.4) is 0 Å². The Labute approximate surface area is 114 Å². The number of rotatable bonds is 7. The first kappa shape index (κ1) is 14.7. The lowest BCUT2D eigenvalue weighted by Gasteiger charge is -2.13. The highest BCUT2D eigenvalue weighted by Crippen LogP contribution is 2.26. The van der Waals surface area contributed by atoms with Gasteiger partial charge in [0, 0.05) is 20.8 Å². The molecule has 0 fully saturated rings. The molecule has 0 radical (unpaired) electrons. The van der Waals surface area contributed by atoms with Gasteiger partial charge in [-0.3, -0.25) is 10.1 Å². The maximum atomic E-state index is 11.0. The van der Waals surface area contributed by atoms with Crippen molar-refractivity contribution in [2.24, 2.45) is 0 Å². The van der Waals surface area contributed by atoms with Crippen LogP contribution in [0.4, 0.5) is 0 Å². The number of nitrogens with one attached hydrogen (secondary N) is 1. The van der Waals surface area contributed by atoms with Crippen LogP contribution in [0.2, 0.25) is 0 Å². The standard InChI is InChI=1S/C12H18BrNO2S/c1-3-4-5-10(12(15)16)14-7-11-9(13)6-8(2)17-11/h6,10,14H,3-5,7H2,1-2H3,(H,15,16). The molecule has 0 aliphatic rings. The van der Waals surface area contributed by atoms with Gasteiger partial charge in [-0.15, -0.1) is 11.3 Å². The minimum Gasteiger partial charge on any atom is -0.480 e. The molecule has 0 amide bonds. The molecule has 96 valence electrons. The summed E-state index contributed by atoms with van der Waals surface area (Å²) in [5.41, 5.74) is 0. The highest BCUT2D eigenvalue weighted by molar-refractivity contribution is 9.10. The van der Waals surface area contributed by atoms with E-state index in [4.69, 9.17) is 5.11 Å². The Morgan fingerprint density at radius 1 is 1.65 bits per heavy atom. The van der Waals surface area contributed by atoms with Crippen LogP contribution in [0.15, 0.2) is 10.5 Å². The van der Waals surface area contributed by atoms with Crippen molar-refractivity contribution >= 4 is 33.2 Å². The molecular weight excluding hydrogens is 302 g/mol. The van der Waals surface area contributed by atoms with Crippen LogP contribution >= 0.6 is 27.3 Å². The third kappa shape index (κ3) is 4.77. The smallest absolute Gasteiger partial charge is 0.320 e. The Hall–Kier alpha value is -0.390. The predicted octanol–water partition coefficient (Wildman–Crippen LogP) is 3.55. The summed E-state index contributed by atoms with van der Waals surface area (Å²) in [5, 5.41) is 12.2. The highest BCUT2D eigenvalue weighted by Gasteiger charge is 2.16. The zero-order chi connectivity index (χ0) is 12.8. The lowest BCUT2D eigenvalue weighted by atomic mass is 10.1. The SMILES string of the molecule is CCCCC(NCc1sc(C)cc1Br)C(=O)O. The summed E-state index contributed by atoms with van der Waals surface area (Å²) in [6.07, 6.45) is 2.65. The highest BCUT2D eigenvalue weighted by atomic mass is 79.9. The van der Waals surface area contributed by atoms with Crippen LogP contribution in [-0.2, 0) is 11.3 Å². The average molecular weight is 320 g/mol. The van der Waals surface area contributed by atoms with E-state index in [9.17, 15) is 4.79 Å². The molecule has 1 rings (SSSR count). The number of hydrogen-bond acceptors (Lipinski definition) is 3. The number of aliphatic carboxylic acids is 1. The summed E-state index contributed by atoms with van der Waals surface area (Å²) in [6, 6.07) is 1.62. The fourth-order valence-electron chi connectivity index (χ4n) is 1.59. The summed E-state index contributed by atoms with van der Waals surface area (Å²) >= 11 is 5.17. The molecule has 3 nitrogen and oxygen atoms in total. The summed E-state index contributed by atoms with van der Waals surface area (Å²) < 4.78 is 1.06. The molecular formula is C12H18BrNO2S. The largest absolute Gasteiger partial charge is 0.480 e. The fraction of sp³-hybridized carbons (Fsp3) is 0.583. The van der Waals surface area contributed by atoms with Gasteiger partial charge >= 0.3 is 5.97 Å². The fourth-order valence-corrected chi connectivity index (χ4v) is 3.34. The molecule has 0 saturated heterocycles. The van der Waals surface area contributed by atoms with Crippen molar-refractivity contribution < 1.29 is 9.90 Å². The topological polar surface area (TPSA) is 49.3 Å². The molecule has 0 aliphatic heterocycles. The Bertz CT molecular complexity index is 379. The van der Waals surface area contributed by atoms with E-state index in [2.05, 4.69) is 34.2 Å². The molecule has 2 N–H and O–H groups in total. The van der Waals surface area contributed by atoms with E-state index in [1.807, 2.05) is 6.92 Å². The normalized spacial score (nSPS) is 12.6. The van der Waals surface area contributed by atoms with Gasteiger partial charge in [0.2, 0.25) is 0 Å². The van der Waals surface area contributed by atoms with Crippen molar-refractivity contribution in [1.29, 1.82) is 0 Å². The molecule has 0 saturated carbocycles. The van der Waals surface area contributed by atoms with Gasteiger partial charge in [-0.1, -0.05) is 19.8 Å². The molecule has 0 aromatic carbocycles. The molecule has 0 spiro atoms. The van der Waals surface area contributed by atoms with Gasteiger partial charge in [-0.05, 0) is 35.3 Å².